The van der Waals surface area contributed by atoms with E-state index < -0.39 is 24.1 Å². The summed E-state index contributed by atoms with van der Waals surface area (Å²) in [6.07, 6.45) is 1.79. The van der Waals surface area contributed by atoms with Gasteiger partial charge in [0.2, 0.25) is 5.91 Å². The Balaban J connectivity index is 1.57. The van der Waals surface area contributed by atoms with Gasteiger partial charge in [-0.3, -0.25) is 9.78 Å². The van der Waals surface area contributed by atoms with Crippen molar-refractivity contribution in [2.45, 2.75) is 50.6 Å². The average molecular weight is 487 g/mol. The molecular weight excluding hydrogens is 463 g/mol. The second kappa shape index (κ2) is 9.65. The lowest BCUT2D eigenvalue weighted by molar-refractivity contribution is -0.138. The van der Waals surface area contributed by atoms with Crippen molar-refractivity contribution in [2.24, 2.45) is 0 Å². The third kappa shape index (κ3) is 5.00. The van der Waals surface area contributed by atoms with Crippen molar-refractivity contribution in [3.8, 4) is 17.0 Å². The SMILES string of the molecule is O=C1NCCCC1Nc1nnc(-c2ccc(C(F)(F)F)cc2OC2CCCCO2)c2ccncc12. The van der Waals surface area contributed by atoms with Gasteiger partial charge in [0.05, 0.1) is 12.2 Å². The molecule has 35 heavy (non-hydrogen) atoms. The molecule has 2 N–H and O–H groups in total. The minimum atomic E-state index is -4.53. The van der Waals surface area contributed by atoms with Gasteiger partial charge in [0.1, 0.15) is 17.5 Å². The molecule has 2 fully saturated rings. The van der Waals surface area contributed by atoms with Crippen LogP contribution in [0.3, 0.4) is 0 Å². The molecular formula is C24H24F3N5O3. The Labute approximate surface area is 199 Å². The third-order valence-electron chi connectivity index (χ3n) is 6.14. The van der Waals surface area contributed by atoms with Gasteiger partial charge in [0.15, 0.2) is 12.1 Å². The van der Waals surface area contributed by atoms with Crippen molar-refractivity contribution >= 4 is 22.5 Å². The fourth-order valence-corrected chi connectivity index (χ4v) is 4.32. The molecule has 2 aliphatic heterocycles. The number of ether oxygens (including phenoxy) is 2. The minimum Gasteiger partial charge on any atom is -0.464 e. The average Bonchev–Trinajstić information content (AvgIpc) is 2.86. The van der Waals surface area contributed by atoms with Crippen molar-refractivity contribution < 1.29 is 27.4 Å². The predicted molar refractivity (Wildman–Crippen MR) is 122 cm³/mol. The van der Waals surface area contributed by atoms with E-state index in [1.807, 2.05) is 0 Å². The number of hydrogen-bond donors (Lipinski definition) is 2. The maximum absolute atomic E-state index is 13.5. The second-order valence-corrected chi connectivity index (χ2v) is 8.57. The molecule has 2 saturated heterocycles. The van der Waals surface area contributed by atoms with E-state index in [1.165, 1.54) is 6.07 Å². The van der Waals surface area contributed by atoms with Crippen molar-refractivity contribution in [2.75, 3.05) is 18.5 Å². The summed E-state index contributed by atoms with van der Waals surface area (Å²) in [5.74, 6) is 0.278. The molecule has 5 rings (SSSR count). The van der Waals surface area contributed by atoms with Crippen LogP contribution in [0, 0.1) is 0 Å². The van der Waals surface area contributed by atoms with Gasteiger partial charge in [-0.15, -0.1) is 10.2 Å². The van der Waals surface area contributed by atoms with Gasteiger partial charge in [-0.25, -0.2) is 0 Å². The number of alkyl halides is 3. The highest BCUT2D eigenvalue weighted by molar-refractivity contribution is 6.01. The molecule has 0 aliphatic carbocycles. The third-order valence-corrected chi connectivity index (χ3v) is 6.14. The number of hydrogen-bond acceptors (Lipinski definition) is 7. The summed E-state index contributed by atoms with van der Waals surface area (Å²) < 4.78 is 51.9. The highest BCUT2D eigenvalue weighted by atomic mass is 19.4. The summed E-state index contributed by atoms with van der Waals surface area (Å²) in [5, 5.41) is 15.8. The lowest BCUT2D eigenvalue weighted by Crippen LogP contribution is -2.44. The Bertz CT molecular complexity index is 1230. The number of carbonyl (C=O) groups is 1. The number of carbonyl (C=O) groups excluding carboxylic acids is 1. The van der Waals surface area contributed by atoms with Gasteiger partial charge < -0.3 is 20.1 Å². The quantitative estimate of drug-likeness (QED) is 0.554. The lowest BCUT2D eigenvalue weighted by Gasteiger charge is -2.25. The van der Waals surface area contributed by atoms with E-state index in [-0.39, 0.29) is 11.7 Å². The first-order valence-electron chi connectivity index (χ1n) is 11.5. The zero-order valence-corrected chi connectivity index (χ0v) is 18.8. The van der Waals surface area contributed by atoms with Crippen LogP contribution in [-0.2, 0) is 15.7 Å². The highest BCUT2D eigenvalue weighted by Gasteiger charge is 2.32. The summed E-state index contributed by atoms with van der Waals surface area (Å²) in [5.41, 5.74) is -0.119. The molecule has 0 spiro atoms. The van der Waals surface area contributed by atoms with Crippen LogP contribution in [0.5, 0.6) is 5.75 Å². The summed E-state index contributed by atoms with van der Waals surface area (Å²) in [6.45, 7) is 1.12. The van der Waals surface area contributed by atoms with Crippen molar-refractivity contribution in [3.63, 3.8) is 0 Å². The molecule has 1 aromatic carbocycles. The topological polar surface area (TPSA) is 98.3 Å². The Morgan fingerprint density at radius 2 is 1.97 bits per heavy atom. The number of halogens is 3. The van der Waals surface area contributed by atoms with Gasteiger partial charge in [0, 0.05) is 41.7 Å². The van der Waals surface area contributed by atoms with Crippen LogP contribution >= 0.6 is 0 Å². The molecule has 1 amide bonds. The first-order chi connectivity index (χ1) is 16.9. The Hall–Kier alpha value is -3.47. The first kappa shape index (κ1) is 23.3. The van der Waals surface area contributed by atoms with Crippen LogP contribution in [0.25, 0.3) is 22.0 Å². The highest BCUT2D eigenvalue weighted by Crippen LogP contribution is 2.40. The lowest BCUT2D eigenvalue weighted by atomic mass is 10.0. The maximum Gasteiger partial charge on any atom is 0.416 e. The van der Waals surface area contributed by atoms with E-state index >= 15 is 0 Å². The van der Waals surface area contributed by atoms with Gasteiger partial charge in [0.25, 0.3) is 0 Å². The van der Waals surface area contributed by atoms with Crippen molar-refractivity contribution in [1.29, 1.82) is 0 Å². The smallest absolute Gasteiger partial charge is 0.416 e. The zero-order chi connectivity index (χ0) is 24.4. The predicted octanol–water partition coefficient (Wildman–Crippen LogP) is 4.31. The maximum atomic E-state index is 13.5. The number of rotatable bonds is 5. The first-order valence-corrected chi connectivity index (χ1v) is 11.5. The normalized spacial score (nSPS) is 20.9. The molecule has 184 valence electrons. The summed E-state index contributed by atoms with van der Waals surface area (Å²) >= 11 is 0. The number of amides is 1. The standard InChI is InChI=1S/C24H24F3N5O3/c25-24(26,27)14-6-7-16(19(12-14)35-20-5-1-2-11-34-20)21-15-8-10-28-13-17(15)22(32-31-21)30-18-4-3-9-29-23(18)33/h6-8,10,12-13,18,20H,1-5,9,11H2,(H,29,33)(H,30,32). The second-order valence-electron chi connectivity index (χ2n) is 8.57. The number of nitrogens with zero attached hydrogens (tertiary/aromatic N) is 3. The fraction of sp³-hybridized carbons (Fsp3) is 0.417. The Morgan fingerprint density at radius 1 is 1.09 bits per heavy atom. The van der Waals surface area contributed by atoms with Crippen LogP contribution in [-0.4, -0.2) is 46.6 Å². The molecule has 2 atom stereocenters. The molecule has 11 heteroatoms. The van der Waals surface area contributed by atoms with Gasteiger partial charge in [-0.2, -0.15) is 13.2 Å². The number of aromatic nitrogens is 3. The van der Waals surface area contributed by atoms with Crippen LogP contribution < -0.4 is 15.4 Å². The van der Waals surface area contributed by atoms with Gasteiger partial charge in [-0.1, -0.05) is 0 Å². The number of anilines is 1. The largest absolute Gasteiger partial charge is 0.464 e. The van der Waals surface area contributed by atoms with E-state index in [9.17, 15) is 18.0 Å². The Kier molecular flexibility index (Phi) is 6.42. The number of fused-ring (bicyclic) bond motifs is 1. The van der Waals surface area contributed by atoms with E-state index in [1.54, 1.807) is 18.5 Å². The van der Waals surface area contributed by atoms with Gasteiger partial charge in [-0.05, 0) is 49.9 Å². The van der Waals surface area contributed by atoms with Crippen LogP contribution in [0.2, 0.25) is 0 Å². The van der Waals surface area contributed by atoms with E-state index in [2.05, 4.69) is 25.8 Å². The van der Waals surface area contributed by atoms with Crippen molar-refractivity contribution in [1.82, 2.24) is 20.5 Å². The minimum absolute atomic E-state index is 0.0199. The monoisotopic (exact) mass is 487 g/mol. The molecule has 0 saturated carbocycles. The van der Waals surface area contributed by atoms with E-state index in [0.717, 1.165) is 31.4 Å². The van der Waals surface area contributed by atoms with Gasteiger partial charge >= 0.3 is 6.18 Å². The zero-order valence-electron chi connectivity index (χ0n) is 18.8. The number of benzene rings is 1. The number of piperidine rings is 1. The van der Waals surface area contributed by atoms with Crippen LogP contribution in [0.15, 0.2) is 36.7 Å². The molecule has 8 nitrogen and oxygen atoms in total. The molecule has 2 aliphatic rings. The number of nitrogens with one attached hydrogen (secondary N) is 2. The van der Waals surface area contributed by atoms with E-state index in [4.69, 9.17) is 9.47 Å². The Morgan fingerprint density at radius 3 is 2.74 bits per heavy atom. The number of pyridine rings is 1. The molecule has 0 bridgehead atoms. The van der Waals surface area contributed by atoms with E-state index in [0.29, 0.717) is 53.8 Å². The van der Waals surface area contributed by atoms with Crippen LogP contribution in [0.4, 0.5) is 19.0 Å². The van der Waals surface area contributed by atoms with Crippen LogP contribution in [0.1, 0.15) is 37.7 Å². The summed E-state index contributed by atoms with van der Waals surface area (Å²) in [6, 6.07) is 4.56. The molecule has 0 radical (unpaired) electrons. The molecule has 2 unspecified atom stereocenters. The molecule has 4 heterocycles. The summed E-state index contributed by atoms with van der Waals surface area (Å²) in [7, 11) is 0. The fourth-order valence-electron chi connectivity index (χ4n) is 4.32. The summed E-state index contributed by atoms with van der Waals surface area (Å²) in [4.78, 5) is 16.4. The molecule has 3 aromatic rings. The van der Waals surface area contributed by atoms with Crippen molar-refractivity contribution in [3.05, 3.63) is 42.2 Å². The molecule has 2 aromatic heterocycles.